The number of fused-ring (bicyclic) bond motifs is 2. The molecule has 0 saturated carbocycles. The minimum atomic E-state index is -0.186. The highest BCUT2D eigenvalue weighted by Crippen LogP contribution is 2.34. The average molecular weight is 291 g/mol. The van der Waals surface area contributed by atoms with Gasteiger partial charge in [0.05, 0.1) is 18.2 Å². The van der Waals surface area contributed by atoms with Crippen LogP contribution in [0, 0.1) is 5.82 Å². The van der Waals surface area contributed by atoms with E-state index in [4.69, 9.17) is 4.74 Å². The van der Waals surface area contributed by atoms with Crippen molar-refractivity contribution in [3.8, 4) is 0 Å². The summed E-state index contributed by atoms with van der Waals surface area (Å²) in [5.74, 6) is 0.613. The Morgan fingerprint density at radius 2 is 2.33 bits per heavy atom. The lowest BCUT2D eigenvalue weighted by Crippen LogP contribution is -2.47. The van der Waals surface area contributed by atoms with E-state index >= 15 is 0 Å². The van der Waals surface area contributed by atoms with E-state index in [1.807, 2.05) is 6.07 Å². The number of halogens is 1. The van der Waals surface area contributed by atoms with Gasteiger partial charge in [-0.2, -0.15) is 0 Å². The van der Waals surface area contributed by atoms with Gasteiger partial charge in [0.25, 0.3) is 0 Å². The number of nitrogens with zero attached hydrogens (tertiary/aromatic N) is 1. The largest absolute Gasteiger partial charge is 0.373 e. The highest BCUT2D eigenvalue weighted by Gasteiger charge is 2.41. The fourth-order valence-corrected chi connectivity index (χ4v) is 3.18. The first-order chi connectivity index (χ1) is 10.2. The third kappa shape index (κ3) is 3.53. The van der Waals surface area contributed by atoms with Gasteiger partial charge in [0, 0.05) is 13.6 Å². The quantitative estimate of drug-likeness (QED) is 0.657. The van der Waals surface area contributed by atoms with E-state index in [2.05, 4.69) is 15.6 Å². The van der Waals surface area contributed by atoms with Gasteiger partial charge in [-0.3, -0.25) is 4.99 Å². The summed E-state index contributed by atoms with van der Waals surface area (Å²) in [7, 11) is 1.77. The van der Waals surface area contributed by atoms with Crippen molar-refractivity contribution in [3.63, 3.8) is 0 Å². The second-order valence-corrected chi connectivity index (χ2v) is 5.74. The molecule has 2 heterocycles. The number of ether oxygens (including phenoxy) is 1. The van der Waals surface area contributed by atoms with Crippen LogP contribution in [0.15, 0.2) is 29.3 Å². The van der Waals surface area contributed by atoms with Crippen LogP contribution in [-0.4, -0.2) is 37.8 Å². The van der Waals surface area contributed by atoms with E-state index in [-0.39, 0.29) is 5.82 Å². The maximum atomic E-state index is 13.1. The van der Waals surface area contributed by atoms with E-state index in [9.17, 15) is 4.39 Å². The average Bonchev–Trinajstić information content (AvgIpc) is 3.09. The molecule has 3 rings (SSSR count). The van der Waals surface area contributed by atoms with Crippen LogP contribution in [0.4, 0.5) is 4.39 Å². The molecule has 1 aromatic carbocycles. The van der Waals surface area contributed by atoms with Crippen molar-refractivity contribution in [2.45, 2.75) is 43.9 Å². The molecule has 0 aliphatic carbocycles. The minimum absolute atomic E-state index is 0.186. The molecule has 0 amide bonds. The first-order valence-electron chi connectivity index (χ1n) is 7.61. The van der Waals surface area contributed by atoms with Gasteiger partial charge in [-0.1, -0.05) is 12.1 Å². The lowest BCUT2D eigenvalue weighted by Gasteiger charge is -2.22. The number of hydrogen-bond acceptors (Lipinski definition) is 2. The van der Waals surface area contributed by atoms with Gasteiger partial charge in [-0.05, 0) is 43.4 Å². The van der Waals surface area contributed by atoms with Crippen LogP contribution in [0.2, 0.25) is 0 Å². The molecule has 2 N–H and O–H groups in total. The molecule has 3 atom stereocenters. The highest BCUT2D eigenvalue weighted by atomic mass is 19.1. The summed E-state index contributed by atoms with van der Waals surface area (Å²) >= 11 is 0. The zero-order valence-corrected chi connectivity index (χ0v) is 12.3. The maximum absolute atomic E-state index is 13.1. The van der Waals surface area contributed by atoms with Crippen molar-refractivity contribution in [2.24, 2.45) is 4.99 Å². The lowest BCUT2D eigenvalue weighted by atomic mass is 9.96. The first kappa shape index (κ1) is 14.3. The Hall–Kier alpha value is -1.62. The molecule has 0 spiro atoms. The van der Waals surface area contributed by atoms with Gasteiger partial charge in [0.15, 0.2) is 5.96 Å². The molecular formula is C16H22FN3O. The van der Waals surface area contributed by atoms with Gasteiger partial charge in [-0.25, -0.2) is 4.39 Å². The predicted octanol–water partition coefficient (Wildman–Crippen LogP) is 1.85. The van der Waals surface area contributed by atoms with Crippen LogP contribution in [0.1, 0.15) is 24.8 Å². The van der Waals surface area contributed by atoms with Crippen LogP contribution >= 0.6 is 0 Å². The van der Waals surface area contributed by atoms with E-state index in [0.29, 0.717) is 18.2 Å². The van der Waals surface area contributed by atoms with Gasteiger partial charge in [0.1, 0.15) is 5.82 Å². The predicted molar refractivity (Wildman–Crippen MR) is 80.9 cm³/mol. The third-order valence-corrected chi connectivity index (χ3v) is 4.25. The highest BCUT2D eigenvalue weighted by molar-refractivity contribution is 5.80. The molecule has 21 heavy (non-hydrogen) atoms. The van der Waals surface area contributed by atoms with Gasteiger partial charge in [0.2, 0.25) is 0 Å². The Labute approximate surface area is 124 Å². The second kappa shape index (κ2) is 6.43. The molecule has 2 aliphatic rings. The maximum Gasteiger partial charge on any atom is 0.191 e. The van der Waals surface area contributed by atoms with E-state index in [1.54, 1.807) is 19.2 Å². The van der Waals surface area contributed by atoms with E-state index < -0.39 is 0 Å². The Morgan fingerprint density at radius 1 is 1.43 bits per heavy atom. The van der Waals surface area contributed by atoms with Crippen LogP contribution in [-0.2, 0) is 11.2 Å². The van der Waals surface area contributed by atoms with Gasteiger partial charge in [-0.15, -0.1) is 0 Å². The summed E-state index contributed by atoms with van der Waals surface area (Å²) in [5.41, 5.74) is 0.987. The third-order valence-electron chi connectivity index (χ3n) is 4.25. The molecule has 0 radical (unpaired) electrons. The smallest absolute Gasteiger partial charge is 0.191 e. The van der Waals surface area contributed by atoms with Gasteiger partial charge >= 0.3 is 0 Å². The molecule has 2 saturated heterocycles. The topological polar surface area (TPSA) is 45.7 Å². The monoisotopic (exact) mass is 291 g/mol. The number of guanidine groups is 1. The summed E-state index contributed by atoms with van der Waals surface area (Å²) in [5, 5.41) is 6.72. The van der Waals surface area contributed by atoms with E-state index in [1.165, 1.54) is 12.5 Å². The Bertz CT molecular complexity index is 520. The summed E-state index contributed by atoms with van der Waals surface area (Å²) in [6.07, 6.45) is 4.92. The Morgan fingerprint density at radius 3 is 3.00 bits per heavy atom. The normalized spacial score (nSPS) is 27.9. The van der Waals surface area contributed by atoms with Crippen LogP contribution in [0.5, 0.6) is 0 Å². The minimum Gasteiger partial charge on any atom is -0.373 e. The SMILES string of the molecule is CN=C(NCCc1cccc(F)c1)NC1CC2CCC1O2. The molecule has 1 aromatic rings. The van der Waals surface area contributed by atoms with Crippen molar-refractivity contribution in [2.75, 3.05) is 13.6 Å². The molecular weight excluding hydrogens is 269 g/mol. The number of nitrogens with one attached hydrogen (secondary N) is 2. The fraction of sp³-hybridized carbons (Fsp3) is 0.562. The van der Waals surface area contributed by atoms with Crippen molar-refractivity contribution < 1.29 is 9.13 Å². The number of hydrogen-bond donors (Lipinski definition) is 2. The van der Waals surface area contributed by atoms with Crippen LogP contribution in [0.25, 0.3) is 0 Å². The van der Waals surface area contributed by atoms with Crippen molar-refractivity contribution in [1.82, 2.24) is 10.6 Å². The lowest BCUT2D eigenvalue weighted by molar-refractivity contribution is 0.0992. The van der Waals surface area contributed by atoms with Crippen LogP contribution in [0.3, 0.4) is 0 Å². The molecule has 2 fully saturated rings. The number of rotatable bonds is 4. The molecule has 114 valence electrons. The molecule has 0 aromatic heterocycles. The van der Waals surface area contributed by atoms with Gasteiger partial charge < -0.3 is 15.4 Å². The fourth-order valence-electron chi connectivity index (χ4n) is 3.18. The first-order valence-corrected chi connectivity index (χ1v) is 7.61. The summed E-state index contributed by atoms with van der Waals surface area (Å²) in [6.45, 7) is 0.727. The van der Waals surface area contributed by atoms with Crippen LogP contribution < -0.4 is 10.6 Å². The summed E-state index contributed by atoms with van der Waals surface area (Å²) in [4.78, 5) is 4.25. The second-order valence-electron chi connectivity index (χ2n) is 5.74. The van der Waals surface area contributed by atoms with E-state index in [0.717, 1.165) is 37.3 Å². The molecule has 5 heteroatoms. The van der Waals surface area contributed by atoms with Crippen molar-refractivity contribution >= 4 is 5.96 Å². The molecule has 4 nitrogen and oxygen atoms in total. The number of aliphatic imine (C=N–C) groups is 1. The summed E-state index contributed by atoms with van der Waals surface area (Å²) in [6, 6.07) is 7.08. The zero-order valence-electron chi connectivity index (χ0n) is 12.3. The molecule has 2 aliphatic heterocycles. The van der Waals surface area contributed by atoms with Crippen molar-refractivity contribution in [1.29, 1.82) is 0 Å². The zero-order chi connectivity index (χ0) is 14.7. The standard InChI is InChI=1S/C16H22FN3O/c1-18-16(20-14-10-13-5-6-15(14)21-13)19-8-7-11-3-2-4-12(17)9-11/h2-4,9,13-15H,5-8,10H2,1H3,(H2,18,19,20). The molecule has 2 bridgehead atoms. The van der Waals surface area contributed by atoms with Crippen molar-refractivity contribution in [3.05, 3.63) is 35.6 Å². The summed E-state index contributed by atoms with van der Waals surface area (Å²) < 4.78 is 18.9. The number of benzene rings is 1. The Balaban J connectivity index is 1.45. The molecule has 3 unspecified atom stereocenters. The Kier molecular flexibility index (Phi) is 4.39.